The molecule has 1 aromatic carbocycles. The summed E-state index contributed by atoms with van der Waals surface area (Å²) in [6.45, 7) is -0.200. The van der Waals surface area contributed by atoms with Crippen LogP contribution >= 0.6 is 11.3 Å². The Balaban J connectivity index is 2.04. The highest BCUT2D eigenvalue weighted by Gasteiger charge is 2.08. The molecule has 21 heavy (non-hydrogen) atoms. The van der Waals surface area contributed by atoms with Gasteiger partial charge >= 0.3 is 0 Å². The van der Waals surface area contributed by atoms with Gasteiger partial charge in [0, 0.05) is 5.69 Å². The van der Waals surface area contributed by atoms with E-state index in [1.165, 1.54) is 11.3 Å². The molecular formula is C16H12N2O2S. The van der Waals surface area contributed by atoms with Gasteiger partial charge in [0.1, 0.15) is 6.61 Å². The summed E-state index contributed by atoms with van der Waals surface area (Å²) in [6, 6.07) is 12.7. The van der Waals surface area contributed by atoms with E-state index in [0.717, 1.165) is 10.4 Å². The van der Waals surface area contributed by atoms with Gasteiger partial charge in [0.15, 0.2) is 0 Å². The van der Waals surface area contributed by atoms with Gasteiger partial charge in [-0.2, -0.15) is 5.26 Å². The lowest BCUT2D eigenvalue weighted by Crippen LogP contribution is -2.09. The van der Waals surface area contributed by atoms with Crippen molar-refractivity contribution >= 4 is 22.9 Å². The van der Waals surface area contributed by atoms with Gasteiger partial charge in [-0.05, 0) is 29.8 Å². The molecule has 2 N–H and O–H groups in total. The number of amides is 1. The van der Waals surface area contributed by atoms with E-state index in [4.69, 9.17) is 10.4 Å². The van der Waals surface area contributed by atoms with Crippen molar-refractivity contribution in [1.82, 2.24) is 0 Å². The number of carbonyl (C=O) groups is 1. The third-order valence-corrected chi connectivity index (χ3v) is 3.61. The third-order valence-electron chi connectivity index (χ3n) is 2.62. The van der Waals surface area contributed by atoms with Crippen LogP contribution < -0.4 is 5.32 Å². The van der Waals surface area contributed by atoms with Gasteiger partial charge < -0.3 is 10.4 Å². The van der Waals surface area contributed by atoms with Crippen molar-refractivity contribution in [2.75, 3.05) is 11.9 Å². The molecule has 0 fully saturated rings. The van der Waals surface area contributed by atoms with E-state index < -0.39 is 0 Å². The molecule has 4 nitrogen and oxygen atoms in total. The minimum atomic E-state index is -0.204. The average molecular weight is 296 g/mol. The smallest absolute Gasteiger partial charge is 0.265 e. The van der Waals surface area contributed by atoms with E-state index in [1.54, 1.807) is 24.3 Å². The lowest BCUT2D eigenvalue weighted by molar-refractivity contribution is 0.103. The van der Waals surface area contributed by atoms with Crippen LogP contribution in [0.2, 0.25) is 0 Å². The van der Waals surface area contributed by atoms with Gasteiger partial charge in [-0.1, -0.05) is 24.0 Å². The molecule has 0 unspecified atom stereocenters. The van der Waals surface area contributed by atoms with Gasteiger partial charge in [-0.3, -0.25) is 4.79 Å². The van der Waals surface area contributed by atoms with E-state index in [1.807, 2.05) is 12.1 Å². The molecule has 0 radical (unpaired) electrons. The van der Waals surface area contributed by atoms with Crippen LogP contribution in [0.5, 0.6) is 0 Å². The normalized spacial score (nSPS) is 9.33. The summed E-state index contributed by atoms with van der Waals surface area (Å²) in [7, 11) is 0. The van der Waals surface area contributed by atoms with E-state index in [0.29, 0.717) is 17.0 Å². The highest BCUT2D eigenvalue weighted by molar-refractivity contribution is 7.14. The standard InChI is InChI=1S/C16H12N2O2S/c17-10-9-12-3-5-13(6-4-12)18-16(20)15-8-7-14(21-15)2-1-11-19/h3-8,19H,9,11H2,(H,18,20). The Hall–Kier alpha value is -2.60. The van der Waals surface area contributed by atoms with Crippen molar-refractivity contribution in [3.8, 4) is 17.9 Å². The first kappa shape index (κ1) is 14.8. The number of anilines is 1. The lowest BCUT2D eigenvalue weighted by atomic mass is 10.1. The summed E-state index contributed by atoms with van der Waals surface area (Å²) in [5, 5.41) is 20.0. The van der Waals surface area contributed by atoms with Gasteiger partial charge in [0.25, 0.3) is 5.91 Å². The van der Waals surface area contributed by atoms with Crippen molar-refractivity contribution in [3.63, 3.8) is 0 Å². The fourth-order valence-corrected chi connectivity index (χ4v) is 2.42. The van der Waals surface area contributed by atoms with Crippen LogP contribution in [-0.2, 0) is 6.42 Å². The predicted molar refractivity (Wildman–Crippen MR) is 82.0 cm³/mol. The predicted octanol–water partition coefficient (Wildman–Crippen LogP) is 2.41. The summed E-state index contributed by atoms with van der Waals surface area (Å²) < 4.78 is 0. The fraction of sp³-hybridized carbons (Fsp3) is 0.125. The monoisotopic (exact) mass is 296 g/mol. The maximum absolute atomic E-state index is 12.1. The second-order valence-corrected chi connectivity index (χ2v) is 5.19. The molecule has 0 bridgehead atoms. The third kappa shape index (κ3) is 4.19. The molecule has 0 saturated heterocycles. The number of benzene rings is 1. The molecule has 0 aliphatic rings. The number of hydrogen-bond acceptors (Lipinski definition) is 4. The second kappa shape index (κ2) is 7.25. The molecule has 0 aliphatic heterocycles. The largest absolute Gasteiger partial charge is 0.384 e. The van der Waals surface area contributed by atoms with Gasteiger partial charge in [-0.25, -0.2) is 0 Å². The highest BCUT2D eigenvalue weighted by atomic mass is 32.1. The number of aliphatic hydroxyl groups is 1. The van der Waals surface area contributed by atoms with Crippen LogP contribution in [-0.4, -0.2) is 17.6 Å². The Kier molecular flexibility index (Phi) is 5.11. The zero-order chi connectivity index (χ0) is 15.1. The van der Waals surface area contributed by atoms with Crippen molar-refractivity contribution in [2.24, 2.45) is 0 Å². The second-order valence-electron chi connectivity index (χ2n) is 4.11. The van der Waals surface area contributed by atoms with Crippen LogP contribution in [0.25, 0.3) is 0 Å². The topological polar surface area (TPSA) is 73.1 Å². The molecule has 2 aromatic rings. The molecule has 5 heteroatoms. The Morgan fingerprint density at radius 1 is 1.24 bits per heavy atom. The van der Waals surface area contributed by atoms with E-state index >= 15 is 0 Å². The van der Waals surface area contributed by atoms with E-state index in [9.17, 15) is 4.79 Å². The zero-order valence-corrected chi connectivity index (χ0v) is 11.9. The molecular weight excluding hydrogens is 284 g/mol. The minimum Gasteiger partial charge on any atom is -0.384 e. The van der Waals surface area contributed by atoms with Crippen LogP contribution in [0.15, 0.2) is 36.4 Å². The van der Waals surface area contributed by atoms with Crippen LogP contribution in [0.3, 0.4) is 0 Å². The number of nitrogens with zero attached hydrogens (tertiary/aromatic N) is 1. The number of nitriles is 1. The first-order valence-corrected chi connectivity index (χ1v) is 7.01. The summed E-state index contributed by atoms with van der Waals surface area (Å²) in [4.78, 5) is 13.4. The number of hydrogen-bond donors (Lipinski definition) is 2. The summed E-state index contributed by atoms with van der Waals surface area (Å²) >= 11 is 1.27. The average Bonchev–Trinajstić information content (AvgIpc) is 2.96. The van der Waals surface area contributed by atoms with Crippen molar-refractivity contribution in [1.29, 1.82) is 5.26 Å². The summed E-state index contributed by atoms with van der Waals surface area (Å²) in [5.41, 5.74) is 1.59. The Labute approximate surface area is 126 Å². The maximum Gasteiger partial charge on any atom is 0.265 e. The van der Waals surface area contributed by atoms with Gasteiger partial charge in [0.2, 0.25) is 0 Å². The quantitative estimate of drug-likeness (QED) is 0.854. The van der Waals surface area contributed by atoms with Crippen molar-refractivity contribution < 1.29 is 9.90 Å². The van der Waals surface area contributed by atoms with Crippen molar-refractivity contribution in [2.45, 2.75) is 6.42 Å². The molecule has 1 aromatic heterocycles. The van der Waals surface area contributed by atoms with E-state index in [2.05, 4.69) is 23.2 Å². The molecule has 0 aliphatic carbocycles. The first-order chi connectivity index (χ1) is 10.2. The molecule has 0 atom stereocenters. The fourth-order valence-electron chi connectivity index (χ4n) is 1.64. The number of nitrogens with one attached hydrogen (secondary N) is 1. The van der Waals surface area contributed by atoms with E-state index in [-0.39, 0.29) is 12.5 Å². The highest BCUT2D eigenvalue weighted by Crippen LogP contribution is 2.18. The molecule has 1 amide bonds. The first-order valence-electron chi connectivity index (χ1n) is 6.19. The number of carbonyl (C=O) groups excluding carboxylic acids is 1. The van der Waals surface area contributed by atoms with Gasteiger partial charge in [0.05, 0.1) is 22.2 Å². The lowest BCUT2D eigenvalue weighted by Gasteiger charge is -2.03. The van der Waals surface area contributed by atoms with Crippen LogP contribution in [0.1, 0.15) is 20.1 Å². The maximum atomic E-state index is 12.1. The molecule has 1 heterocycles. The number of rotatable bonds is 3. The molecule has 0 saturated carbocycles. The summed E-state index contributed by atoms with van der Waals surface area (Å²) in [5.74, 6) is 5.10. The SMILES string of the molecule is N#CCc1ccc(NC(=O)c2ccc(C#CCO)s2)cc1. The van der Waals surface area contributed by atoms with Crippen LogP contribution in [0, 0.1) is 23.2 Å². The Morgan fingerprint density at radius 2 is 2.00 bits per heavy atom. The van der Waals surface area contributed by atoms with Crippen molar-refractivity contribution in [3.05, 3.63) is 51.7 Å². The van der Waals surface area contributed by atoms with Gasteiger partial charge in [-0.15, -0.1) is 11.3 Å². The Morgan fingerprint density at radius 3 is 2.67 bits per heavy atom. The van der Waals surface area contributed by atoms with Crippen LogP contribution in [0.4, 0.5) is 5.69 Å². The molecule has 2 rings (SSSR count). The number of aliphatic hydroxyl groups excluding tert-OH is 1. The molecule has 0 spiro atoms. The number of thiophene rings is 1. The minimum absolute atomic E-state index is 0.200. The molecule has 104 valence electrons. The summed E-state index contributed by atoms with van der Waals surface area (Å²) in [6.07, 6.45) is 0.353. The zero-order valence-electron chi connectivity index (χ0n) is 11.1. The Bertz CT molecular complexity index is 730.